The molecule has 1 heterocycles. The second-order valence-electron chi connectivity index (χ2n) is 4.14. The van der Waals surface area contributed by atoms with E-state index in [-0.39, 0.29) is 5.69 Å². The minimum Gasteiger partial charge on any atom is -0.478 e. The number of hydrogen-bond donors (Lipinski definition) is 2. The second kappa shape index (κ2) is 5.48. The summed E-state index contributed by atoms with van der Waals surface area (Å²) in [6.07, 6.45) is 1.50. The smallest absolute Gasteiger partial charge is 0.338 e. The maximum absolute atomic E-state index is 13.5. The van der Waals surface area contributed by atoms with Crippen LogP contribution in [-0.2, 0) is 0 Å². The zero-order valence-electron chi connectivity index (χ0n) is 10.6. The van der Waals surface area contributed by atoms with Crippen molar-refractivity contribution < 1.29 is 19.1 Å². The monoisotopic (exact) mass is 274 g/mol. The molecule has 0 aliphatic rings. The van der Waals surface area contributed by atoms with Gasteiger partial charge in [0.2, 0.25) is 0 Å². The molecule has 2 rings (SSSR count). The van der Waals surface area contributed by atoms with Gasteiger partial charge < -0.3 is 10.4 Å². The van der Waals surface area contributed by atoms with Crippen molar-refractivity contribution in [1.29, 1.82) is 0 Å². The third kappa shape index (κ3) is 2.97. The summed E-state index contributed by atoms with van der Waals surface area (Å²) < 4.78 is 13.5. The lowest BCUT2D eigenvalue weighted by molar-refractivity contribution is 0.0692. The number of anilines is 1. The van der Waals surface area contributed by atoms with Gasteiger partial charge in [0.1, 0.15) is 5.82 Å². The van der Waals surface area contributed by atoms with Gasteiger partial charge in [0.15, 0.2) is 0 Å². The highest BCUT2D eigenvalue weighted by Crippen LogP contribution is 2.15. The van der Waals surface area contributed by atoms with Crippen LogP contribution in [0.1, 0.15) is 26.4 Å². The molecule has 0 saturated carbocycles. The van der Waals surface area contributed by atoms with E-state index in [1.54, 1.807) is 13.0 Å². The Labute approximate surface area is 114 Å². The van der Waals surface area contributed by atoms with Crippen LogP contribution >= 0.6 is 0 Å². The number of amides is 1. The van der Waals surface area contributed by atoms with Crippen molar-refractivity contribution in [3.05, 3.63) is 59.2 Å². The largest absolute Gasteiger partial charge is 0.478 e. The lowest BCUT2D eigenvalue weighted by atomic mass is 10.1. The molecule has 0 fully saturated rings. The van der Waals surface area contributed by atoms with Gasteiger partial charge in [-0.3, -0.25) is 9.78 Å². The van der Waals surface area contributed by atoms with E-state index in [0.29, 0.717) is 11.3 Å². The molecule has 1 aromatic carbocycles. The number of hydrogen-bond acceptors (Lipinski definition) is 3. The van der Waals surface area contributed by atoms with Crippen LogP contribution in [0.25, 0.3) is 0 Å². The van der Waals surface area contributed by atoms with Crippen molar-refractivity contribution >= 4 is 17.6 Å². The number of carboxylic acid groups (broad SMARTS) is 1. The van der Waals surface area contributed by atoms with Crippen LogP contribution in [-0.4, -0.2) is 22.0 Å². The molecule has 0 bridgehead atoms. The molecule has 0 unspecified atom stereocenters. The van der Waals surface area contributed by atoms with E-state index in [4.69, 9.17) is 5.11 Å². The van der Waals surface area contributed by atoms with Gasteiger partial charge in [0.25, 0.3) is 5.91 Å². The summed E-state index contributed by atoms with van der Waals surface area (Å²) in [5.41, 5.74) is 0.819. The van der Waals surface area contributed by atoms with E-state index < -0.39 is 23.3 Å². The number of benzene rings is 1. The number of carbonyl (C=O) groups excluding carboxylic acids is 1. The van der Waals surface area contributed by atoms with Gasteiger partial charge in [0.05, 0.1) is 5.56 Å². The minimum atomic E-state index is -1.36. The molecule has 0 saturated heterocycles. The van der Waals surface area contributed by atoms with Crippen LogP contribution in [0, 0.1) is 12.7 Å². The van der Waals surface area contributed by atoms with E-state index in [1.807, 2.05) is 0 Å². The Morgan fingerprint density at radius 1 is 1.25 bits per heavy atom. The highest BCUT2D eigenvalue weighted by atomic mass is 19.1. The number of nitrogens with one attached hydrogen (secondary N) is 1. The van der Waals surface area contributed by atoms with Gasteiger partial charge in [-0.1, -0.05) is 0 Å². The Bertz CT molecular complexity index is 686. The first-order chi connectivity index (χ1) is 9.47. The number of aromatic carboxylic acids is 1. The van der Waals surface area contributed by atoms with Crippen molar-refractivity contribution in [3.63, 3.8) is 0 Å². The molecule has 102 valence electrons. The summed E-state index contributed by atoms with van der Waals surface area (Å²) in [4.78, 5) is 26.6. The number of nitrogens with zero attached hydrogens (tertiary/aromatic N) is 1. The summed E-state index contributed by atoms with van der Waals surface area (Å²) >= 11 is 0. The van der Waals surface area contributed by atoms with Crippen LogP contribution < -0.4 is 5.32 Å². The Hall–Kier alpha value is -2.76. The van der Waals surface area contributed by atoms with Crippen LogP contribution in [0.3, 0.4) is 0 Å². The van der Waals surface area contributed by atoms with Crippen molar-refractivity contribution in [2.24, 2.45) is 0 Å². The average molecular weight is 274 g/mol. The van der Waals surface area contributed by atoms with E-state index in [0.717, 1.165) is 12.1 Å². The molecular weight excluding hydrogens is 263 g/mol. The van der Waals surface area contributed by atoms with Crippen molar-refractivity contribution in [2.45, 2.75) is 6.92 Å². The lowest BCUT2D eigenvalue weighted by Gasteiger charge is -2.06. The molecule has 2 aromatic rings. The first-order valence-corrected chi connectivity index (χ1v) is 5.74. The molecule has 1 aromatic heterocycles. The molecule has 20 heavy (non-hydrogen) atoms. The third-order valence-electron chi connectivity index (χ3n) is 2.62. The van der Waals surface area contributed by atoms with E-state index >= 15 is 0 Å². The summed E-state index contributed by atoms with van der Waals surface area (Å²) in [6, 6.07) is 6.53. The number of halogens is 1. The van der Waals surface area contributed by atoms with Gasteiger partial charge in [0, 0.05) is 23.1 Å². The molecule has 0 radical (unpaired) electrons. The Morgan fingerprint density at radius 2 is 2.00 bits per heavy atom. The normalized spacial score (nSPS) is 10.1. The fourth-order valence-electron chi connectivity index (χ4n) is 1.66. The molecule has 0 aliphatic carbocycles. The topological polar surface area (TPSA) is 79.3 Å². The second-order valence-corrected chi connectivity index (χ2v) is 4.14. The molecule has 0 aliphatic heterocycles. The number of rotatable bonds is 3. The van der Waals surface area contributed by atoms with E-state index in [9.17, 15) is 14.0 Å². The number of carbonyl (C=O) groups is 2. The van der Waals surface area contributed by atoms with Gasteiger partial charge in [-0.05, 0) is 37.3 Å². The first kappa shape index (κ1) is 13.7. The summed E-state index contributed by atoms with van der Waals surface area (Å²) in [5.74, 6) is -2.68. The maximum atomic E-state index is 13.5. The van der Waals surface area contributed by atoms with Crippen molar-refractivity contribution in [2.75, 3.05) is 5.32 Å². The zero-order valence-corrected chi connectivity index (χ0v) is 10.6. The summed E-state index contributed by atoms with van der Waals surface area (Å²) in [7, 11) is 0. The van der Waals surface area contributed by atoms with Crippen molar-refractivity contribution in [3.8, 4) is 0 Å². The SMILES string of the molecule is Cc1cc(C(=O)Nc2ccc(C(=O)O)c(F)c2)ccn1. The quantitative estimate of drug-likeness (QED) is 0.901. The molecule has 2 N–H and O–H groups in total. The highest BCUT2D eigenvalue weighted by Gasteiger charge is 2.12. The standard InChI is InChI=1S/C14H11FN2O3/c1-8-6-9(4-5-16-8)13(18)17-10-2-3-11(14(19)20)12(15)7-10/h2-7H,1H3,(H,17,18)(H,19,20). The molecule has 0 atom stereocenters. The van der Waals surface area contributed by atoms with E-state index in [1.165, 1.54) is 18.3 Å². The summed E-state index contributed by atoms with van der Waals surface area (Å²) in [6.45, 7) is 1.75. The number of pyridine rings is 1. The fourth-order valence-corrected chi connectivity index (χ4v) is 1.66. The van der Waals surface area contributed by atoms with Gasteiger partial charge in [-0.2, -0.15) is 0 Å². The van der Waals surface area contributed by atoms with E-state index in [2.05, 4.69) is 10.3 Å². The Morgan fingerprint density at radius 3 is 2.60 bits per heavy atom. The average Bonchev–Trinajstić information content (AvgIpc) is 2.38. The predicted octanol–water partition coefficient (Wildman–Crippen LogP) is 2.48. The molecule has 6 heteroatoms. The van der Waals surface area contributed by atoms with Crippen LogP contribution in [0.2, 0.25) is 0 Å². The maximum Gasteiger partial charge on any atom is 0.338 e. The Kier molecular flexibility index (Phi) is 3.74. The first-order valence-electron chi connectivity index (χ1n) is 5.74. The lowest BCUT2D eigenvalue weighted by Crippen LogP contribution is -2.13. The minimum absolute atomic E-state index is 0.187. The number of aryl methyl sites for hydroxylation is 1. The Balaban J connectivity index is 2.20. The zero-order chi connectivity index (χ0) is 14.7. The van der Waals surface area contributed by atoms with Gasteiger partial charge >= 0.3 is 5.97 Å². The van der Waals surface area contributed by atoms with Gasteiger partial charge in [-0.15, -0.1) is 0 Å². The molecule has 5 nitrogen and oxygen atoms in total. The molecule has 1 amide bonds. The molecule has 0 spiro atoms. The predicted molar refractivity (Wildman–Crippen MR) is 70.3 cm³/mol. The fraction of sp³-hybridized carbons (Fsp3) is 0.0714. The number of aromatic nitrogens is 1. The van der Waals surface area contributed by atoms with Crippen LogP contribution in [0.5, 0.6) is 0 Å². The third-order valence-corrected chi connectivity index (χ3v) is 2.62. The summed E-state index contributed by atoms with van der Waals surface area (Å²) in [5, 5.41) is 11.2. The number of carboxylic acids is 1. The van der Waals surface area contributed by atoms with Crippen LogP contribution in [0.15, 0.2) is 36.5 Å². The van der Waals surface area contributed by atoms with Gasteiger partial charge in [-0.25, -0.2) is 9.18 Å². The van der Waals surface area contributed by atoms with Crippen LogP contribution in [0.4, 0.5) is 10.1 Å². The van der Waals surface area contributed by atoms with Crippen molar-refractivity contribution in [1.82, 2.24) is 4.98 Å². The molecular formula is C14H11FN2O3. The highest BCUT2D eigenvalue weighted by molar-refractivity contribution is 6.04.